The molecule has 0 saturated heterocycles. The fourth-order valence-corrected chi connectivity index (χ4v) is 6.68. The van der Waals surface area contributed by atoms with Crippen molar-refractivity contribution < 1.29 is 44.0 Å². The number of nitrogens with zero attached hydrogens (tertiary/aromatic N) is 1. The summed E-state index contributed by atoms with van der Waals surface area (Å²) in [4.78, 5) is 68.3. The predicted molar refractivity (Wildman–Crippen MR) is 145 cm³/mol. The number of carbonyl (C=O) groups is 5. The first-order valence-electron chi connectivity index (χ1n) is 13.2. The summed E-state index contributed by atoms with van der Waals surface area (Å²) in [7, 11) is 2.88. The van der Waals surface area contributed by atoms with Gasteiger partial charge in [-0.25, -0.2) is 0 Å². The minimum Gasteiger partial charge on any atom is -0.507 e. The van der Waals surface area contributed by atoms with Gasteiger partial charge in [-0.3, -0.25) is 28.9 Å². The van der Waals surface area contributed by atoms with Crippen LogP contribution in [-0.4, -0.2) is 87.7 Å². The van der Waals surface area contributed by atoms with Crippen molar-refractivity contribution in [2.45, 2.75) is 24.7 Å². The van der Waals surface area contributed by atoms with Gasteiger partial charge in [-0.2, -0.15) is 0 Å². The van der Waals surface area contributed by atoms with E-state index in [1.807, 2.05) is 6.92 Å². The molecule has 2 fully saturated rings. The van der Waals surface area contributed by atoms with Gasteiger partial charge in [-0.05, 0) is 55.9 Å². The molecule has 1 amide bonds. The molecule has 0 aliphatic heterocycles. The van der Waals surface area contributed by atoms with Crippen molar-refractivity contribution >= 4 is 40.7 Å². The fourth-order valence-electron chi connectivity index (χ4n) is 6.68. The smallest absolute Gasteiger partial charge is 0.235 e. The molecule has 2 saturated carbocycles. The van der Waals surface area contributed by atoms with E-state index in [1.54, 1.807) is 36.4 Å². The van der Waals surface area contributed by atoms with Gasteiger partial charge in [-0.1, -0.05) is 30.3 Å². The molecule has 2 aromatic rings. The van der Waals surface area contributed by atoms with Gasteiger partial charge in [0, 0.05) is 5.92 Å². The zero-order valence-electron chi connectivity index (χ0n) is 22.6. The van der Waals surface area contributed by atoms with Crippen molar-refractivity contribution in [3.8, 4) is 11.5 Å². The topological polar surface area (TPSA) is 185 Å². The Morgan fingerprint density at radius 3 is 2.32 bits per heavy atom. The number of hydrogen-bond donors (Lipinski definition) is 4. The highest BCUT2D eigenvalue weighted by Crippen LogP contribution is 2.54. The lowest BCUT2D eigenvalue weighted by molar-refractivity contribution is -0.192. The molecule has 7 atom stereocenters. The third-order valence-electron chi connectivity index (χ3n) is 8.39. The first-order chi connectivity index (χ1) is 19.4. The lowest BCUT2D eigenvalue weighted by Gasteiger charge is -2.55. The lowest BCUT2D eigenvalue weighted by atomic mass is 9.50. The third kappa shape index (κ3) is 4.03. The van der Waals surface area contributed by atoms with Gasteiger partial charge >= 0.3 is 0 Å². The van der Waals surface area contributed by atoms with Crippen LogP contribution in [0.5, 0.6) is 11.5 Å². The van der Waals surface area contributed by atoms with Crippen molar-refractivity contribution in [2.75, 3.05) is 20.7 Å². The number of aliphatic hydroxyl groups excluding tert-OH is 1. The molecule has 2 unspecified atom stereocenters. The molecular weight excluding hydrogens is 532 g/mol. The Hall–Kier alpha value is -4.19. The lowest BCUT2D eigenvalue weighted by Crippen LogP contribution is -2.77. The fraction of sp³-hybridized carbons (Fsp3) is 0.367. The standard InChI is InChI=1S/C30H30N2O9/c1-4-41-14-10-8-13(9-11-14)12-16-15-6-5-7-17(33)18(15)24(34)20-19(16)25(35)22-23(32(2)3)26(36)21(29(31)39)28(38)30(22,40)27(20)37/h5-12,19-23,25,33,35,40H,4H2,1-3H3,(H2,31,39)/t19-,20?,21?,22-,23+,25+,30+/m0/s1. The number of hydrogen-bond acceptors (Lipinski definition) is 10. The number of phenolic OH excluding ortho intramolecular Hbond substituents is 1. The average molecular weight is 563 g/mol. The van der Waals surface area contributed by atoms with E-state index in [0.717, 1.165) is 0 Å². The van der Waals surface area contributed by atoms with Crippen LogP contribution in [0.1, 0.15) is 28.4 Å². The molecule has 0 bridgehead atoms. The number of aromatic hydroxyl groups is 1. The van der Waals surface area contributed by atoms with Crippen LogP contribution in [0.3, 0.4) is 0 Å². The molecule has 0 spiro atoms. The van der Waals surface area contributed by atoms with Crippen LogP contribution in [0, 0.1) is 23.7 Å². The monoisotopic (exact) mass is 562 g/mol. The molecule has 11 nitrogen and oxygen atoms in total. The molecule has 0 aromatic heterocycles. The SMILES string of the molecule is CCOc1ccc(C=C2c3cccc(O)c3C(=O)C3C(=O)[C@@]4(O)C(=O)C(C(N)=O)C(=O)[C@H](N(C)C)[C@H]4[C@H](O)[C@@H]23)cc1. The molecule has 5 rings (SSSR count). The number of benzene rings is 2. The van der Waals surface area contributed by atoms with Crippen molar-refractivity contribution in [3.63, 3.8) is 0 Å². The van der Waals surface area contributed by atoms with Crippen LogP contribution in [0.2, 0.25) is 0 Å². The Balaban J connectivity index is 1.76. The summed E-state index contributed by atoms with van der Waals surface area (Å²) in [5.41, 5.74) is 3.24. The molecular formula is C30H30N2O9. The van der Waals surface area contributed by atoms with Crippen molar-refractivity contribution in [3.05, 3.63) is 59.2 Å². The van der Waals surface area contributed by atoms with Crippen molar-refractivity contribution in [1.29, 1.82) is 0 Å². The Morgan fingerprint density at radius 2 is 1.73 bits per heavy atom. The molecule has 214 valence electrons. The van der Waals surface area contributed by atoms with Crippen molar-refractivity contribution in [2.24, 2.45) is 29.4 Å². The van der Waals surface area contributed by atoms with Gasteiger partial charge in [-0.15, -0.1) is 0 Å². The van der Waals surface area contributed by atoms with Crippen LogP contribution in [-0.2, 0) is 19.2 Å². The number of amides is 1. The number of likely N-dealkylation sites (N-methyl/N-ethyl adjacent to an activating group) is 1. The second kappa shape index (κ2) is 10.0. The Morgan fingerprint density at radius 1 is 1.07 bits per heavy atom. The number of carbonyl (C=O) groups excluding carboxylic acids is 5. The molecule has 3 aliphatic rings. The van der Waals surface area contributed by atoms with Gasteiger partial charge < -0.3 is 25.8 Å². The Bertz CT molecular complexity index is 1510. The van der Waals surface area contributed by atoms with Gasteiger partial charge in [0.1, 0.15) is 11.5 Å². The first kappa shape index (κ1) is 28.3. The largest absolute Gasteiger partial charge is 0.507 e. The quantitative estimate of drug-likeness (QED) is 0.368. The van der Waals surface area contributed by atoms with Crippen molar-refractivity contribution in [1.82, 2.24) is 4.90 Å². The summed E-state index contributed by atoms with van der Waals surface area (Å²) < 4.78 is 5.49. The van der Waals surface area contributed by atoms with Gasteiger partial charge in [0.25, 0.3) is 0 Å². The van der Waals surface area contributed by atoms with E-state index in [2.05, 4.69) is 0 Å². The zero-order valence-corrected chi connectivity index (χ0v) is 22.6. The average Bonchev–Trinajstić information content (AvgIpc) is 2.91. The zero-order chi connectivity index (χ0) is 30.0. The van der Waals surface area contributed by atoms with E-state index in [0.29, 0.717) is 23.5 Å². The highest BCUT2D eigenvalue weighted by Gasteiger charge is 2.72. The molecule has 5 N–H and O–H groups in total. The second-order valence-corrected chi connectivity index (χ2v) is 10.8. The Labute approximate surface area is 235 Å². The maximum atomic E-state index is 14.2. The predicted octanol–water partition coefficient (Wildman–Crippen LogP) is 0.235. The number of nitrogens with two attached hydrogens (primary N) is 1. The number of ether oxygens (including phenoxy) is 1. The minimum atomic E-state index is -3.06. The number of Topliss-reactive ketones (excluding diaryl/α,β-unsaturated/α-hetero) is 4. The minimum absolute atomic E-state index is 0.205. The van der Waals surface area contributed by atoms with Crippen LogP contribution < -0.4 is 10.5 Å². The molecule has 0 heterocycles. The number of primary amides is 1. The normalized spacial score (nSPS) is 32.0. The van der Waals surface area contributed by atoms with Gasteiger partial charge in [0.2, 0.25) is 5.91 Å². The summed E-state index contributed by atoms with van der Waals surface area (Å²) in [5.74, 6) is -12.7. The van der Waals surface area contributed by atoms with Crippen LogP contribution in [0.4, 0.5) is 0 Å². The highest BCUT2D eigenvalue weighted by molar-refractivity contribution is 6.33. The second-order valence-electron chi connectivity index (χ2n) is 10.8. The molecule has 0 radical (unpaired) electrons. The third-order valence-corrected chi connectivity index (χ3v) is 8.39. The number of ketones is 4. The van der Waals surface area contributed by atoms with E-state index in [1.165, 1.54) is 31.1 Å². The van der Waals surface area contributed by atoms with E-state index in [4.69, 9.17) is 10.5 Å². The molecule has 3 aliphatic carbocycles. The maximum Gasteiger partial charge on any atom is 0.235 e. The summed E-state index contributed by atoms with van der Waals surface area (Å²) in [6.07, 6.45) is -0.132. The molecule has 11 heteroatoms. The van der Waals surface area contributed by atoms with E-state index >= 15 is 0 Å². The van der Waals surface area contributed by atoms with E-state index in [-0.39, 0.29) is 11.1 Å². The summed E-state index contributed by atoms with van der Waals surface area (Å²) in [5, 5.41) is 34.4. The number of rotatable bonds is 5. The van der Waals surface area contributed by atoms with Crippen LogP contribution in [0.25, 0.3) is 11.6 Å². The molecule has 2 aromatic carbocycles. The van der Waals surface area contributed by atoms with Crippen LogP contribution >= 0.6 is 0 Å². The van der Waals surface area contributed by atoms with E-state index in [9.17, 15) is 39.3 Å². The first-order valence-corrected chi connectivity index (χ1v) is 13.2. The van der Waals surface area contributed by atoms with Crippen LogP contribution in [0.15, 0.2) is 42.5 Å². The Kier molecular flexibility index (Phi) is 6.93. The maximum absolute atomic E-state index is 14.2. The summed E-state index contributed by atoms with van der Waals surface area (Å²) >= 11 is 0. The van der Waals surface area contributed by atoms with Gasteiger partial charge in [0.15, 0.2) is 34.7 Å². The van der Waals surface area contributed by atoms with E-state index < -0.39 is 76.2 Å². The highest BCUT2D eigenvalue weighted by atomic mass is 16.5. The summed E-state index contributed by atoms with van der Waals surface area (Å²) in [6, 6.07) is 9.78. The summed E-state index contributed by atoms with van der Waals surface area (Å²) in [6.45, 7) is 2.30. The number of aliphatic hydroxyl groups is 2. The number of fused-ring (bicyclic) bond motifs is 3. The molecule has 41 heavy (non-hydrogen) atoms. The van der Waals surface area contributed by atoms with Gasteiger partial charge in [0.05, 0.1) is 36.2 Å². The number of phenols is 1.